The van der Waals surface area contributed by atoms with Gasteiger partial charge in [-0.2, -0.15) is 0 Å². The predicted octanol–water partition coefficient (Wildman–Crippen LogP) is 6.38. The van der Waals surface area contributed by atoms with Crippen LogP contribution in [0.1, 0.15) is 71.3 Å². The van der Waals surface area contributed by atoms with Crippen molar-refractivity contribution in [3.05, 3.63) is 47.6 Å². The first-order chi connectivity index (χ1) is 13.9. The number of hydrogen-bond acceptors (Lipinski definition) is 2. The average molecular weight is 394 g/mol. The zero-order valence-electron chi connectivity index (χ0n) is 17.9. The first-order valence-electron chi connectivity index (χ1n) is 11.4. The minimum Gasteiger partial charge on any atom is -0.295 e. The minimum atomic E-state index is -0.248. The largest absolute Gasteiger partial charge is 0.295 e. The van der Waals surface area contributed by atoms with Crippen molar-refractivity contribution in [1.29, 1.82) is 0 Å². The maximum Gasteiger partial charge on any atom is 0.155 e. The molecule has 0 aliphatic heterocycles. The van der Waals surface area contributed by atoms with Crippen LogP contribution in [0.15, 0.2) is 36.2 Å². The Morgan fingerprint density at radius 3 is 2.76 bits per heavy atom. The molecule has 2 saturated carbocycles. The highest BCUT2D eigenvalue weighted by Crippen LogP contribution is 2.67. The number of fused-ring (bicyclic) bond motifs is 5. The van der Waals surface area contributed by atoms with Gasteiger partial charge < -0.3 is 0 Å². The fourth-order valence-corrected chi connectivity index (χ4v) is 7.74. The first kappa shape index (κ1) is 19.2. The molecule has 3 heteroatoms. The number of hydrogen-bond donors (Lipinski definition) is 0. The van der Waals surface area contributed by atoms with E-state index in [1.165, 1.54) is 30.2 Å². The van der Waals surface area contributed by atoms with Crippen molar-refractivity contribution >= 4 is 11.4 Å². The molecule has 1 aromatic rings. The first-order valence-corrected chi connectivity index (χ1v) is 11.4. The highest BCUT2D eigenvalue weighted by Gasteiger charge is 2.58. The van der Waals surface area contributed by atoms with Crippen LogP contribution >= 0.6 is 0 Å². The summed E-state index contributed by atoms with van der Waals surface area (Å²) in [7, 11) is 0. The van der Waals surface area contributed by atoms with E-state index in [0.717, 1.165) is 31.2 Å². The Labute approximate surface area is 173 Å². The van der Waals surface area contributed by atoms with Gasteiger partial charge in [0, 0.05) is 12.6 Å². The van der Waals surface area contributed by atoms with E-state index in [4.69, 9.17) is 0 Å². The van der Waals surface area contributed by atoms with E-state index in [1.807, 2.05) is 12.3 Å². The molecule has 0 aromatic carbocycles. The summed E-state index contributed by atoms with van der Waals surface area (Å²) in [5.74, 6) is 2.59. The van der Waals surface area contributed by atoms with E-state index < -0.39 is 0 Å². The third-order valence-corrected chi connectivity index (χ3v) is 9.21. The van der Waals surface area contributed by atoms with E-state index in [2.05, 4.69) is 31.8 Å². The predicted molar refractivity (Wildman–Crippen MR) is 113 cm³/mol. The quantitative estimate of drug-likeness (QED) is 0.583. The number of ketones is 1. The van der Waals surface area contributed by atoms with E-state index in [9.17, 15) is 9.18 Å². The zero-order valence-corrected chi connectivity index (χ0v) is 17.9. The lowest BCUT2D eigenvalue weighted by molar-refractivity contribution is -0.117. The van der Waals surface area contributed by atoms with E-state index in [0.29, 0.717) is 35.9 Å². The second-order valence-electron chi connectivity index (χ2n) is 10.4. The van der Waals surface area contributed by atoms with Crippen molar-refractivity contribution in [2.75, 3.05) is 0 Å². The van der Waals surface area contributed by atoms with Crippen molar-refractivity contribution in [1.82, 2.24) is 4.98 Å². The average Bonchev–Trinajstić information content (AvgIpc) is 3.05. The highest BCUT2D eigenvalue weighted by atomic mass is 19.1. The molecule has 1 aromatic heterocycles. The van der Waals surface area contributed by atoms with Crippen LogP contribution in [0.2, 0.25) is 0 Å². The Kier molecular flexibility index (Phi) is 4.38. The van der Waals surface area contributed by atoms with Gasteiger partial charge in [-0.25, -0.2) is 4.39 Å². The number of carbonyl (C=O) groups excluding carboxylic acids is 1. The molecular formula is C26H32FNO. The topological polar surface area (TPSA) is 30.0 Å². The van der Waals surface area contributed by atoms with Crippen molar-refractivity contribution in [2.45, 2.75) is 65.7 Å². The second-order valence-corrected chi connectivity index (χ2v) is 10.4. The van der Waals surface area contributed by atoms with Crippen LogP contribution in [0.25, 0.3) is 5.57 Å². The molecule has 0 amide bonds. The fourth-order valence-electron chi connectivity index (χ4n) is 7.74. The fraction of sp³-hybridized carbons (Fsp3) is 0.615. The van der Waals surface area contributed by atoms with Crippen LogP contribution < -0.4 is 0 Å². The van der Waals surface area contributed by atoms with Crippen molar-refractivity contribution in [2.24, 2.45) is 34.5 Å². The molecule has 4 aliphatic carbocycles. The smallest absolute Gasteiger partial charge is 0.155 e. The number of carbonyl (C=O) groups is 1. The maximum atomic E-state index is 13.9. The normalized spacial score (nSPS) is 41.2. The molecule has 0 radical (unpaired) electrons. The molecular weight excluding hydrogens is 361 g/mol. The van der Waals surface area contributed by atoms with Crippen LogP contribution in [0.4, 0.5) is 4.39 Å². The molecule has 2 nitrogen and oxygen atoms in total. The lowest BCUT2D eigenvalue weighted by Gasteiger charge is -2.59. The number of rotatable bonds is 2. The molecule has 0 N–H and O–H groups in total. The maximum absolute atomic E-state index is 13.9. The van der Waals surface area contributed by atoms with Gasteiger partial charge in [-0.3, -0.25) is 9.78 Å². The minimum absolute atomic E-state index is 0.108. The lowest BCUT2D eigenvalue weighted by Crippen LogP contribution is -2.52. The second kappa shape index (κ2) is 6.62. The summed E-state index contributed by atoms with van der Waals surface area (Å²) in [6.45, 7) is 7.15. The molecule has 4 aliphatic rings. The van der Waals surface area contributed by atoms with Crippen LogP contribution in [0, 0.1) is 40.3 Å². The Morgan fingerprint density at radius 1 is 1.17 bits per heavy atom. The van der Waals surface area contributed by atoms with Crippen LogP contribution in [0.5, 0.6) is 0 Å². The third kappa shape index (κ3) is 2.72. The molecule has 0 spiro atoms. The standard InChI is InChI=1S/C26H32FNO/c1-4-16-12-20-22-6-5-21(17-11-18(27)15-28-14-17)25(22,2)10-8-23(20)26(3)9-7-19(29)13-24(16)26/h5,11,13-16,20,22-23H,4,6-10,12H2,1-3H3/t16?,20-,22-,23-,25+,26+/m0/s1. The Balaban J connectivity index is 1.51. The number of allylic oxidation sites excluding steroid dienone is 4. The summed E-state index contributed by atoms with van der Waals surface area (Å²) in [6, 6.07) is 1.66. The molecule has 154 valence electrons. The van der Waals surface area contributed by atoms with Crippen molar-refractivity contribution in [3.8, 4) is 0 Å². The van der Waals surface area contributed by atoms with Crippen molar-refractivity contribution in [3.63, 3.8) is 0 Å². The van der Waals surface area contributed by atoms with Crippen LogP contribution in [-0.4, -0.2) is 10.8 Å². The highest BCUT2D eigenvalue weighted by molar-refractivity contribution is 5.91. The summed E-state index contributed by atoms with van der Waals surface area (Å²) in [5, 5.41) is 0. The van der Waals surface area contributed by atoms with E-state index in [1.54, 1.807) is 6.07 Å². The Bertz CT molecular complexity index is 917. The van der Waals surface area contributed by atoms with Crippen LogP contribution in [0.3, 0.4) is 0 Å². The Morgan fingerprint density at radius 2 is 2.00 bits per heavy atom. The molecule has 6 atom stereocenters. The van der Waals surface area contributed by atoms with Crippen molar-refractivity contribution < 1.29 is 9.18 Å². The van der Waals surface area contributed by atoms with Gasteiger partial charge in [-0.1, -0.05) is 32.4 Å². The van der Waals surface area contributed by atoms with Gasteiger partial charge in [-0.15, -0.1) is 0 Å². The SMILES string of the molecule is CCC1C[C@@H]2[C@H](CC[C@]3(C)C(c4cncc(F)c4)=CC[C@@H]23)[C@@]2(C)CCC(=O)C=C12. The van der Waals surface area contributed by atoms with Gasteiger partial charge in [0.15, 0.2) is 5.78 Å². The monoisotopic (exact) mass is 393 g/mol. The third-order valence-electron chi connectivity index (χ3n) is 9.21. The summed E-state index contributed by atoms with van der Waals surface area (Å²) >= 11 is 0. The molecule has 2 fully saturated rings. The summed E-state index contributed by atoms with van der Waals surface area (Å²) < 4.78 is 13.9. The molecule has 0 bridgehead atoms. The number of halogens is 1. The van der Waals surface area contributed by atoms with Gasteiger partial charge in [0.1, 0.15) is 5.82 Å². The van der Waals surface area contributed by atoms with Gasteiger partial charge in [0.2, 0.25) is 0 Å². The van der Waals surface area contributed by atoms with E-state index in [-0.39, 0.29) is 16.6 Å². The molecule has 1 unspecified atom stereocenters. The van der Waals surface area contributed by atoms with Gasteiger partial charge in [0.25, 0.3) is 0 Å². The lowest BCUT2D eigenvalue weighted by atomic mass is 9.45. The molecule has 1 heterocycles. The van der Waals surface area contributed by atoms with Gasteiger partial charge in [-0.05, 0) is 96.3 Å². The summed E-state index contributed by atoms with van der Waals surface area (Å²) in [4.78, 5) is 16.3. The summed E-state index contributed by atoms with van der Waals surface area (Å²) in [6.07, 6.45) is 15.0. The van der Waals surface area contributed by atoms with Gasteiger partial charge in [0.05, 0.1) is 6.20 Å². The van der Waals surface area contributed by atoms with E-state index >= 15 is 0 Å². The molecule has 29 heavy (non-hydrogen) atoms. The Hall–Kier alpha value is -1.77. The van der Waals surface area contributed by atoms with Gasteiger partial charge >= 0.3 is 0 Å². The summed E-state index contributed by atoms with van der Waals surface area (Å²) in [5.41, 5.74) is 4.03. The number of nitrogens with zero attached hydrogens (tertiary/aromatic N) is 1. The zero-order chi connectivity index (χ0) is 20.4. The van der Waals surface area contributed by atoms with Crippen LogP contribution in [-0.2, 0) is 4.79 Å². The molecule has 5 rings (SSSR count). The number of aromatic nitrogens is 1. The molecule has 0 saturated heterocycles. The number of pyridine rings is 1.